The number of carbonyl (C=O) groups excluding carboxylic acids is 1. The smallest absolute Gasteiger partial charge is 0.465 e. The summed E-state index contributed by atoms with van der Waals surface area (Å²) in [4.78, 5) is 21.3. The van der Waals surface area contributed by atoms with Gasteiger partial charge in [0.25, 0.3) is 0 Å². The molecular formula is C24H29BClN5O4. The minimum atomic E-state index is -0.655. The van der Waals surface area contributed by atoms with Gasteiger partial charge in [-0.25, -0.2) is 9.78 Å². The molecule has 35 heavy (non-hydrogen) atoms. The van der Waals surface area contributed by atoms with Crippen molar-refractivity contribution in [1.29, 1.82) is 5.26 Å². The molecule has 0 spiro atoms. The van der Waals surface area contributed by atoms with Crippen LogP contribution in [0.1, 0.15) is 49.9 Å². The zero-order chi connectivity index (χ0) is 25.0. The van der Waals surface area contributed by atoms with Crippen LogP contribution in [0.2, 0.25) is 5.02 Å². The Labute approximate surface area is 210 Å². The van der Waals surface area contributed by atoms with Gasteiger partial charge in [-0.3, -0.25) is 0 Å². The van der Waals surface area contributed by atoms with Crippen molar-refractivity contribution in [1.82, 2.24) is 9.97 Å². The first-order chi connectivity index (χ1) is 16.8. The fraction of sp³-hybridized carbons (Fsp3) is 0.500. The fourth-order valence-electron chi connectivity index (χ4n) is 4.29. The number of esters is 1. The van der Waals surface area contributed by atoms with Gasteiger partial charge in [0.1, 0.15) is 5.02 Å². The molecule has 9 nitrogen and oxygen atoms in total. The maximum atomic E-state index is 12.5. The molecule has 2 heterocycles. The highest BCUT2D eigenvalue weighted by molar-refractivity contribution is 6.63. The van der Waals surface area contributed by atoms with E-state index in [1.54, 1.807) is 18.2 Å². The minimum Gasteiger partial charge on any atom is -0.465 e. The van der Waals surface area contributed by atoms with Gasteiger partial charge < -0.3 is 24.7 Å². The number of carbonyl (C=O) groups is 1. The lowest BCUT2D eigenvalue weighted by Crippen LogP contribution is -2.49. The molecule has 1 aliphatic carbocycles. The third-order valence-corrected chi connectivity index (χ3v) is 6.49. The number of benzene rings is 1. The van der Waals surface area contributed by atoms with Crippen LogP contribution in [0.4, 0.5) is 17.5 Å². The molecule has 4 rings (SSSR count). The number of ether oxygens (including phenoxy) is 1. The molecule has 0 radical (unpaired) electrons. The van der Waals surface area contributed by atoms with Crippen molar-refractivity contribution in [3.8, 4) is 6.07 Å². The zero-order valence-electron chi connectivity index (χ0n) is 20.1. The highest BCUT2D eigenvalue weighted by atomic mass is 35.5. The van der Waals surface area contributed by atoms with E-state index in [2.05, 4.69) is 40.5 Å². The summed E-state index contributed by atoms with van der Waals surface area (Å²) in [6.07, 6.45) is 5.35. The second-order valence-corrected chi connectivity index (χ2v) is 10.1. The Kier molecular flexibility index (Phi) is 7.80. The summed E-state index contributed by atoms with van der Waals surface area (Å²) < 4.78 is 16.7. The van der Waals surface area contributed by atoms with E-state index in [-0.39, 0.29) is 17.4 Å². The third kappa shape index (κ3) is 6.04. The molecule has 2 atom stereocenters. The molecule has 1 unspecified atom stereocenters. The number of anilines is 3. The van der Waals surface area contributed by atoms with E-state index >= 15 is 0 Å². The Bertz CT molecular complexity index is 1120. The maximum Gasteiger partial charge on any atom is 0.494 e. The zero-order valence-corrected chi connectivity index (χ0v) is 20.9. The number of nitrogens with one attached hydrogen (secondary N) is 2. The van der Waals surface area contributed by atoms with Crippen molar-refractivity contribution < 1.29 is 18.8 Å². The fourth-order valence-corrected chi connectivity index (χ4v) is 4.44. The number of nitrogens with zero attached hydrogens (tertiary/aromatic N) is 3. The lowest BCUT2D eigenvalue weighted by atomic mass is 9.73. The average molecular weight is 498 g/mol. The number of aromatic nitrogens is 2. The largest absolute Gasteiger partial charge is 0.494 e. The van der Waals surface area contributed by atoms with Crippen molar-refractivity contribution in [2.75, 3.05) is 31.0 Å². The number of methoxy groups -OCH3 is 1. The van der Waals surface area contributed by atoms with Crippen molar-refractivity contribution in [2.45, 2.75) is 45.6 Å². The first-order valence-electron chi connectivity index (χ1n) is 11.7. The molecule has 0 bridgehead atoms. The summed E-state index contributed by atoms with van der Waals surface area (Å²) in [7, 11) is 0.676. The molecule has 1 aliphatic heterocycles. The Morgan fingerprint density at radius 1 is 1.29 bits per heavy atom. The molecule has 1 aromatic carbocycles. The lowest BCUT2D eigenvalue weighted by molar-refractivity contribution is 0.0340. The van der Waals surface area contributed by atoms with Crippen molar-refractivity contribution in [3.05, 3.63) is 35.0 Å². The predicted molar refractivity (Wildman–Crippen MR) is 134 cm³/mol. The molecule has 2 fully saturated rings. The van der Waals surface area contributed by atoms with Gasteiger partial charge >= 0.3 is 13.1 Å². The minimum absolute atomic E-state index is 0.0142. The monoisotopic (exact) mass is 497 g/mol. The molecule has 1 saturated carbocycles. The number of rotatable bonds is 6. The highest BCUT2D eigenvalue weighted by Gasteiger charge is 2.36. The summed E-state index contributed by atoms with van der Waals surface area (Å²) in [5.41, 5.74) is 1.42. The number of halogens is 1. The highest BCUT2D eigenvalue weighted by Crippen LogP contribution is 2.29. The molecular weight excluding hydrogens is 469 g/mol. The van der Waals surface area contributed by atoms with Crippen LogP contribution < -0.4 is 16.1 Å². The normalized spacial score (nSPS) is 21.6. The number of hydrogen-bond acceptors (Lipinski definition) is 9. The van der Waals surface area contributed by atoms with Gasteiger partial charge in [-0.15, -0.1) is 0 Å². The third-order valence-electron chi connectivity index (χ3n) is 6.22. The van der Waals surface area contributed by atoms with Crippen molar-refractivity contribution >= 4 is 47.6 Å². The van der Waals surface area contributed by atoms with E-state index in [4.69, 9.17) is 25.6 Å². The quantitative estimate of drug-likeness (QED) is 0.452. The van der Waals surface area contributed by atoms with Crippen LogP contribution in [-0.4, -0.2) is 49.4 Å². The average Bonchev–Trinajstić information content (AvgIpc) is 2.86. The van der Waals surface area contributed by atoms with Gasteiger partial charge in [-0.2, -0.15) is 10.2 Å². The maximum absolute atomic E-state index is 12.5. The second kappa shape index (κ2) is 10.8. The van der Waals surface area contributed by atoms with E-state index in [9.17, 15) is 10.1 Å². The van der Waals surface area contributed by atoms with Crippen LogP contribution >= 0.6 is 11.6 Å². The Balaban J connectivity index is 1.54. The Hall–Kier alpha value is -2.87. The summed E-state index contributed by atoms with van der Waals surface area (Å²) in [6, 6.07) is 7.59. The number of hydrogen-bond donors (Lipinski definition) is 2. The first kappa shape index (κ1) is 25.2. The molecule has 1 aromatic heterocycles. The van der Waals surface area contributed by atoms with Crippen LogP contribution in [0.3, 0.4) is 0 Å². The molecule has 2 aliphatic rings. The van der Waals surface area contributed by atoms with Crippen LogP contribution in [-0.2, 0) is 14.0 Å². The van der Waals surface area contributed by atoms with Crippen LogP contribution in [0.15, 0.2) is 24.4 Å². The van der Waals surface area contributed by atoms with E-state index in [1.807, 2.05) is 0 Å². The Morgan fingerprint density at radius 2 is 2.03 bits per heavy atom. The van der Waals surface area contributed by atoms with E-state index in [0.717, 1.165) is 25.7 Å². The Morgan fingerprint density at radius 3 is 2.74 bits per heavy atom. The van der Waals surface area contributed by atoms with Crippen LogP contribution in [0, 0.1) is 22.7 Å². The van der Waals surface area contributed by atoms with Gasteiger partial charge in [0.2, 0.25) is 5.95 Å². The van der Waals surface area contributed by atoms with Gasteiger partial charge in [0, 0.05) is 30.4 Å². The van der Waals surface area contributed by atoms with E-state index in [1.165, 1.54) is 13.3 Å². The summed E-state index contributed by atoms with van der Waals surface area (Å²) in [6.45, 7) is 5.14. The molecule has 1 saturated heterocycles. The van der Waals surface area contributed by atoms with Gasteiger partial charge in [0.05, 0.1) is 30.9 Å². The van der Waals surface area contributed by atoms with Gasteiger partial charge in [-0.05, 0) is 30.4 Å². The molecule has 11 heteroatoms. The molecule has 2 N–H and O–H groups in total. The van der Waals surface area contributed by atoms with Crippen molar-refractivity contribution in [3.63, 3.8) is 0 Å². The molecule has 2 aromatic rings. The number of nitriles is 1. The topological polar surface area (TPSA) is 118 Å². The van der Waals surface area contributed by atoms with Gasteiger partial charge in [0.15, 0.2) is 5.82 Å². The van der Waals surface area contributed by atoms with Crippen LogP contribution in [0.5, 0.6) is 0 Å². The predicted octanol–water partition coefficient (Wildman–Crippen LogP) is 3.92. The summed E-state index contributed by atoms with van der Waals surface area (Å²) in [5.74, 6) is 0.181. The molecule has 184 valence electrons. The standard InChI is InChI=1S/C24H29BClN5O4/c1-24(2)13-34-25(35-14-24)18-9-8-16(10-17(18)22(32)33-3)29-23-28-12-19(26)21(31-23)30-20-7-5-4-6-15(20)11-27/h8-10,12,15,20H,4-7,13-14H2,1-3H3,(H2,28,29,30,31)/t15?,20-/m0/s1. The second-order valence-electron chi connectivity index (χ2n) is 9.70. The van der Waals surface area contributed by atoms with E-state index in [0.29, 0.717) is 46.7 Å². The van der Waals surface area contributed by atoms with E-state index < -0.39 is 13.1 Å². The van der Waals surface area contributed by atoms with Crippen LogP contribution in [0.25, 0.3) is 0 Å². The SMILES string of the molecule is COC(=O)c1cc(Nc2ncc(Cl)c(N[C@H]3CCCCC3C#N)n2)ccc1B1OCC(C)(C)CO1. The van der Waals surface area contributed by atoms with Crippen molar-refractivity contribution in [2.24, 2.45) is 11.3 Å². The lowest BCUT2D eigenvalue weighted by Gasteiger charge is -2.33. The molecule has 0 amide bonds. The van der Waals surface area contributed by atoms with Gasteiger partial charge in [-0.1, -0.05) is 44.4 Å². The first-order valence-corrected chi connectivity index (χ1v) is 12.1. The summed E-state index contributed by atoms with van der Waals surface area (Å²) in [5, 5.41) is 16.3. The summed E-state index contributed by atoms with van der Waals surface area (Å²) >= 11 is 6.33.